The van der Waals surface area contributed by atoms with Crippen LogP contribution in [0.1, 0.15) is 51.7 Å². The number of para-hydroxylation sites is 2. The summed E-state index contributed by atoms with van der Waals surface area (Å²) in [6.07, 6.45) is 9.46. The molecule has 7 rings (SSSR count). The van der Waals surface area contributed by atoms with Crippen molar-refractivity contribution in [2.45, 2.75) is 46.0 Å². The highest BCUT2D eigenvalue weighted by molar-refractivity contribution is 6.09. The molecule has 0 saturated carbocycles. The van der Waals surface area contributed by atoms with Gasteiger partial charge in [0.05, 0.1) is 22.4 Å². The smallest absolute Gasteiger partial charge is 0.268 e. The lowest BCUT2D eigenvalue weighted by atomic mass is 9.88. The Labute approximate surface area is 258 Å². The van der Waals surface area contributed by atoms with Gasteiger partial charge in [0, 0.05) is 35.4 Å². The van der Waals surface area contributed by atoms with E-state index in [9.17, 15) is 0 Å². The summed E-state index contributed by atoms with van der Waals surface area (Å²) in [6.45, 7) is 11.1. The quantitative estimate of drug-likeness (QED) is 0.146. The van der Waals surface area contributed by atoms with Crippen LogP contribution in [0, 0.1) is 6.33 Å². The Hall–Kier alpha value is -5.16. The fraction of sp³-hybridized carbons (Fsp3) is 0.179. The van der Waals surface area contributed by atoms with Crippen LogP contribution < -0.4 is 9.30 Å². The van der Waals surface area contributed by atoms with E-state index in [1.165, 1.54) is 16.5 Å². The van der Waals surface area contributed by atoms with Gasteiger partial charge < -0.3 is 4.74 Å². The van der Waals surface area contributed by atoms with Gasteiger partial charge >= 0.3 is 0 Å². The number of pyridine rings is 1. The predicted molar refractivity (Wildman–Crippen MR) is 178 cm³/mol. The zero-order chi connectivity index (χ0) is 30.4. The molecular weight excluding hydrogens is 540 g/mol. The van der Waals surface area contributed by atoms with Crippen LogP contribution in [-0.4, -0.2) is 14.1 Å². The van der Waals surface area contributed by atoms with Gasteiger partial charge in [-0.25, -0.2) is 4.98 Å². The maximum absolute atomic E-state index is 6.49. The van der Waals surface area contributed by atoms with E-state index in [-0.39, 0.29) is 5.41 Å². The number of nitrogens with zero attached hydrogens (tertiary/aromatic N) is 4. The molecule has 7 aromatic rings. The molecule has 0 aliphatic heterocycles. The van der Waals surface area contributed by atoms with Crippen molar-refractivity contribution in [3.63, 3.8) is 0 Å². The average Bonchev–Trinajstić information content (AvgIpc) is 3.64. The van der Waals surface area contributed by atoms with Crippen LogP contribution >= 0.6 is 0 Å². The molecule has 5 heteroatoms. The van der Waals surface area contributed by atoms with Crippen LogP contribution in [0.15, 0.2) is 122 Å². The molecule has 0 aliphatic rings. The first-order valence-electron chi connectivity index (χ1n) is 15.2. The molecule has 0 N–H and O–H groups in total. The highest BCUT2D eigenvalue weighted by Crippen LogP contribution is 2.36. The Bertz CT molecular complexity index is 2130. The molecule has 218 valence electrons. The Morgan fingerprint density at radius 1 is 0.773 bits per heavy atom. The summed E-state index contributed by atoms with van der Waals surface area (Å²) < 4.78 is 12.8. The molecule has 0 fully saturated rings. The van der Waals surface area contributed by atoms with E-state index in [4.69, 9.17) is 9.72 Å². The van der Waals surface area contributed by atoms with Crippen molar-refractivity contribution in [1.82, 2.24) is 14.1 Å². The van der Waals surface area contributed by atoms with Gasteiger partial charge in [0.2, 0.25) is 0 Å². The largest absolute Gasteiger partial charge is 0.458 e. The monoisotopic (exact) mass is 576 g/mol. The molecule has 3 heterocycles. The molecule has 0 atom stereocenters. The van der Waals surface area contributed by atoms with Crippen molar-refractivity contribution in [1.29, 1.82) is 0 Å². The van der Waals surface area contributed by atoms with E-state index in [0.717, 1.165) is 45.1 Å². The number of aromatic nitrogens is 4. The van der Waals surface area contributed by atoms with Gasteiger partial charge in [0.1, 0.15) is 17.3 Å². The van der Waals surface area contributed by atoms with E-state index in [1.54, 1.807) is 0 Å². The zero-order valence-corrected chi connectivity index (χ0v) is 25.8. The van der Waals surface area contributed by atoms with Gasteiger partial charge in [-0.15, -0.1) is 0 Å². The van der Waals surface area contributed by atoms with Crippen molar-refractivity contribution in [3.8, 4) is 28.7 Å². The topological polar surface area (TPSA) is 35.9 Å². The van der Waals surface area contributed by atoms with Crippen LogP contribution in [0.2, 0.25) is 0 Å². The van der Waals surface area contributed by atoms with Crippen LogP contribution in [-0.2, 0) is 5.41 Å². The minimum absolute atomic E-state index is 0.0178. The molecule has 0 unspecified atom stereocenters. The van der Waals surface area contributed by atoms with Crippen molar-refractivity contribution in [2.75, 3.05) is 0 Å². The summed E-state index contributed by atoms with van der Waals surface area (Å²) in [5.41, 5.74) is 6.84. The number of hydrogen-bond donors (Lipinski definition) is 0. The van der Waals surface area contributed by atoms with Crippen LogP contribution in [0.4, 0.5) is 0 Å². The van der Waals surface area contributed by atoms with Gasteiger partial charge in [-0.2, -0.15) is 0 Å². The van der Waals surface area contributed by atoms with Gasteiger partial charge in [0.15, 0.2) is 0 Å². The molecule has 44 heavy (non-hydrogen) atoms. The van der Waals surface area contributed by atoms with Crippen LogP contribution in [0.5, 0.6) is 11.5 Å². The van der Waals surface area contributed by atoms with Crippen LogP contribution in [0.3, 0.4) is 0 Å². The third kappa shape index (κ3) is 5.05. The summed E-state index contributed by atoms with van der Waals surface area (Å²) >= 11 is 0. The number of fused-ring (bicyclic) bond motifs is 3. The summed E-state index contributed by atoms with van der Waals surface area (Å²) in [4.78, 5) is 4.81. The second-order valence-corrected chi connectivity index (χ2v) is 12.6. The SMILES string of the molecule is CC(C)c1ccccc1-[n+]1[c-]n(-c2cccc(Oc3ccc4c5ccccc5n(-c5cc(C(C)(C)C)ccn5)c4c3)c2)cc1. The van der Waals surface area contributed by atoms with E-state index in [1.807, 2.05) is 47.4 Å². The number of benzene rings is 4. The van der Waals surface area contributed by atoms with E-state index >= 15 is 0 Å². The third-order valence-corrected chi connectivity index (χ3v) is 8.22. The minimum Gasteiger partial charge on any atom is -0.458 e. The Balaban J connectivity index is 1.25. The first-order valence-corrected chi connectivity index (χ1v) is 15.2. The molecule has 0 aliphatic carbocycles. The van der Waals surface area contributed by atoms with Gasteiger partial charge in [-0.1, -0.05) is 77.1 Å². The first-order chi connectivity index (χ1) is 21.3. The van der Waals surface area contributed by atoms with Crippen molar-refractivity contribution in [2.24, 2.45) is 0 Å². The van der Waals surface area contributed by atoms with Crippen molar-refractivity contribution < 1.29 is 9.30 Å². The molecule has 0 amide bonds. The highest BCUT2D eigenvalue weighted by Gasteiger charge is 2.18. The van der Waals surface area contributed by atoms with Crippen molar-refractivity contribution >= 4 is 21.8 Å². The molecule has 4 aromatic carbocycles. The lowest BCUT2D eigenvalue weighted by Crippen LogP contribution is -2.30. The highest BCUT2D eigenvalue weighted by atomic mass is 16.5. The number of hydrogen-bond acceptors (Lipinski definition) is 2. The Kier molecular flexibility index (Phi) is 6.81. The Morgan fingerprint density at radius 3 is 2.39 bits per heavy atom. The molecule has 5 nitrogen and oxygen atoms in total. The molecule has 0 radical (unpaired) electrons. The van der Waals surface area contributed by atoms with E-state index < -0.39 is 0 Å². The zero-order valence-electron chi connectivity index (χ0n) is 25.8. The second kappa shape index (κ2) is 10.8. The first kappa shape index (κ1) is 27.7. The lowest BCUT2D eigenvalue weighted by molar-refractivity contribution is -0.599. The van der Waals surface area contributed by atoms with E-state index in [0.29, 0.717) is 5.92 Å². The number of rotatable bonds is 6. The average molecular weight is 577 g/mol. The number of imidazole rings is 1. The fourth-order valence-electron chi connectivity index (χ4n) is 5.89. The Morgan fingerprint density at radius 2 is 1.55 bits per heavy atom. The van der Waals surface area contributed by atoms with Gasteiger partial charge in [-0.05, 0) is 77.1 Å². The normalized spacial score (nSPS) is 12.0. The molecular formula is C39H36N4O. The summed E-state index contributed by atoms with van der Waals surface area (Å²) in [6, 6.07) is 35.7. The molecule has 3 aromatic heterocycles. The van der Waals surface area contributed by atoms with Gasteiger partial charge in [-0.3, -0.25) is 13.7 Å². The lowest BCUT2D eigenvalue weighted by Gasteiger charge is -2.20. The predicted octanol–water partition coefficient (Wildman–Crippen LogP) is 9.26. The second-order valence-electron chi connectivity index (χ2n) is 12.6. The molecule has 0 spiro atoms. The van der Waals surface area contributed by atoms with Crippen molar-refractivity contribution in [3.05, 3.63) is 139 Å². The fourth-order valence-corrected chi connectivity index (χ4v) is 5.89. The van der Waals surface area contributed by atoms with Gasteiger partial charge in [0.25, 0.3) is 6.33 Å². The maximum Gasteiger partial charge on any atom is 0.268 e. The summed E-state index contributed by atoms with van der Waals surface area (Å²) in [7, 11) is 0. The molecule has 0 saturated heterocycles. The standard InChI is InChI=1S/C39H36N4O/c1-27(2)32-13-6-8-15-35(32)42-22-21-41(26-42)29-11-10-12-30(24-29)44-31-17-18-34-33-14-7-9-16-36(33)43(37(34)25-31)38-23-28(19-20-40-38)39(3,4)5/h6-25,27H,1-5H3. The molecule has 0 bridgehead atoms. The number of ether oxygens (including phenoxy) is 1. The summed E-state index contributed by atoms with van der Waals surface area (Å²) in [5, 5.41) is 2.35. The summed E-state index contributed by atoms with van der Waals surface area (Å²) in [5.74, 6) is 2.84. The van der Waals surface area contributed by atoms with E-state index in [2.05, 4.69) is 129 Å². The third-order valence-electron chi connectivity index (χ3n) is 8.22. The van der Waals surface area contributed by atoms with Crippen LogP contribution in [0.25, 0.3) is 39.0 Å². The minimum atomic E-state index is 0.0178. The maximum atomic E-state index is 6.49.